The second-order valence-electron chi connectivity index (χ2n) is 8.06. The van der Waals surface area contributed by atoms with Gasteiger partial charge in [-0.2, -0.15) is 0 Å². The number of allylic oxidation sites excluding steroid dienone is 1. The van der Waals surface area contributed by atoms with E-state index in [-0.39, 0.29) is 18.0 Å². The molecule has 1 aliphatic rings. The molecule has 5 rings (SSSR count). The van der Waals surface area contributed by atoms with Gasteiger partial charge in [0, 0.05) is 16.7 Å². The average molecular weight is 523 g/mol. The molecule has 1 unspecified atom stereocenters. The number of aromatic nitrogens is 1. The predicted octanol–water partition coefficient (Wildman–Crippen LogP) is 4.85. The number of hydrogen-bond donors (Lipinski definition) is 0. The van der Waals surface area contributed by atoms with Crippen LogP contribution < -0.4 is 14.9 Å². The minimum atomic E-state index is -0.717. The van der Waals surface area contributed by atoms with E-state index in [0.29, 0.717) is 42.7 Å². The van der Waals surface area contributed by atoms with Gasteiger partial charge < -0.3 is 9.15 Å². The van der Waals surface area contributed by atoms with Gasteiger partial charge in [0.2, 0.25) is 0 Å². The molecular weight excluding hydrogens is 503 g/mol. The fourth-order valence-electron chi connectivity index (χ4n) is 4.08. The van der Waals surface area contributed by atoms with Crippen LogP contribution in [0.3, 0.4) is 0 Å². The molecular formula is C27H20ClFN2O4S. The summed E-state index contributed by atoms with van der Waals surface area (Å²) in [5.41, 5.74) is 1.90. The molecule has 0 fully saturated rings. The first-order valence-electron chi connectivity index (χ1n) is 11.2. The Bertz CT molecular complexity index is 1660. The standard InChI is InChI=1S/C27H20ClFN2O4S/c1-3-34-26(33)23-15(2)30-27-31(24(23)17-4-8-18(28)9-5-17)25(32)22(36-27)14-20-12-13-21(35-20)16-6-10-19(29)11-7-16/h4-14,24H,3H2,1-2H3/b22-14+. The lowest BCUT2D eigenvalue weighted by molar-refractivity contribution is -0.139. The van der Waals surface area contributed by atoms with E-state index in [1.54, 1.807) is 68.5 Å². The van der Waals surface area contributed by atoms with Crippen LogP contribution in [0.1, 0.15) is 31.2 Å². The summed E-state index contributed by atoms with van der Waals surface area (Å²) in [7, 11) is 0. The summed E-state index contributed by atoms with van der Waals surface area (Å²) >= 11 is 7.29. The predicted molar refractivity (Wildman–Crippen MR) is 136 cm³/mol. The highest BCUT2D eigenvalue weighted by Gasteiger charge is 2.33. The van der Waals surface area contributed by atoms with Crippen LogP contribution in [0.15, 0.2) is 86.1 Å². The fourth-order valence-corrected chi connectivity index (χ4v) is 5.23. The Balaban J connectivity index is 1.63. The highest BCUT2D eigenvalue weighted by molar-refractivity contribution is 7.07. The van der Waals surface area contributed by atoms with Gasteiger partial charge in [0.05, 0.1) is 28.5 Å². The topological polar surface area (TPSA) is 73.8 Å². The molecule has 0 N–H and O–H groups in total. The highest BCUT2D eigenvalue weighted by atomic mass is 35.5. The molecule has 4 aromatic rings. The van der Waals surface area contributed by atoms with Crippen LogP contribution >= 0.6 is 22.9 Å². The summed E-state index contributed by atoms with van der Waals surface area (Å²) in [5.74, 6) is 0.153. The molecule has 0 spiro atoms. The third-order valence-electron chi connectivity index (χ3n) is 5.73. The molecule has 0 saturated heterocycles. The Morgan fingerprint density at radius 2 is 1.89 bits per heavy atom. The number of hydrogen-bond acceptors (Lipinski definition) is 6. The maximum atomic E-state index is 13.6. The van der Waals surface area contributed by atoms with E-state index in [2.05, 4.69) is 4.99 Å². The highest BCUT2D eigenvalue weighted by Crippen LogP contribution is 2.31. The number of rotatable bonds is 5. The first kappa shape index (κ1) is 24.0. The molecule has 3 heterocycles. The Hall–Kier alpha value is -3.75. The lowest BCUT2D eigenvalue weighted by atomic mass is 9.96. The van der Waals surface area contributed by atoms with E-state index in [1.807, 2.05) is 0 Å². The van der Waals surface area contributed by atoms with Crippen LogP contribution in [-0.4, -0.2) is 17.1 Å². The largest absolute Gasteiger partial charge is 0.463 e. The number of fused-ring (bicyclic) bond motifs is 1. The third-order valence-corrected chi connectivity index (χ3v) is 6.97. The monoisotopic (exact) mass is 522 g/mol. The van der Waals surface area contributed by atoms with Crippen molar-refractivity contribution in [2.75, 3.05) is 6.61 Å². The number of ether oxygens (including phenoxy) is 1. The van der Waals surface area contributed by atoms with Gasteiger partial charge in [-0.3, -0.25) is 9.36 Å². The van der Waals surface area contributed by atoms with Crippen molar-refractivity contribution in [3.05, 3.63) is 114 Å². The maximum absolute atomic E-state index is 13.6. The molecule has 36 heavy (non-hydrogen) atoms. The molecule has 2 aromatic heterocycles. The quantitative estimate of drug-likeness (QED) is 0.351. The number of benzene rings is 2. The van der Waals surface area contributed by atoms with Gasteiger partial charge in [-0.05, 0) is 67.9 Å². The van der Waals surface area contributed by atoms with E-state index in [0.717, 1.165) is 5.56 Å². The number of carbonyl (C=O) groups is 1. The molecule has 0 radical (unpaired) electrons. The molecule has 1 atom stereocenters. The zero-order chi connectivity index (χ0) is 25.4. The summed E-state index contributed by atoms with van der Waals surface area (Å²) in [6, 6.07) is 15.7. The van der Waals surface area contributed by atoms with Crippen molar-refractivity contribution in [3.63, 3.8) is 0 Å². The Morgan fingerprint density at radius 1 is 1.17 bits per heavy atom. The second-order valence-corrected chi connectivity index (χ2v) is 9.51. The van der Waals surface area contributed by atoms with E-state index in [4.69, 9.17) is 20.8 Å². The summed E-state index contributed by atoms with van der Waals surface area (Å²) in [6.45, 7) is 3.65. The number of thiazole rings is 1. The van der Waals surface area contributed by atoms with Gasteiger partial charge >= 0.3 is 5.97 Å². The molecule has 9 heteroatoms. The Kier molecular flexibility index (Phi) is 6.47. The van der Waals surface area contributed by atoms with Gasteiger partial charge in [-0.25, -0.2) is 14.2 Å². The molecule has 0 amide bonds. The van der Waals surface area contributed by atoms with Gasteiger partial charge in [-0.15, -0.1) is 0 Å². The number of nitrogens with zero attached hydrogens (tertiary/aromatic N) is 2. The van der Waals surface area contributed by atoms with Crippen LogP contribution in [0.4, 0.5) is 4.39 Å². The van der Waals surface area contributed by atoms with Crippen molar-refractivity contribution in [2.45, 2.75) is 19.9 Å². The van der Waals surface area contributed by atoms with E-state index in [9.17, 15) is 14.0 Å². The fraction of sp³-hybridized carbons (Fsp3) is 0.148. The zero-order valence-corrected chi connectivity index (χ0v) is 20.9. The average Bonchev–Trinajstić information content (AvgIpc) is 3.44. The van der Waals surface area contributed by atoms with Crippen molar-refractivity contribution in [1.82, 2.24) is 4.57 Å². The third kappa shape index (κ3) is 4.45. The Labute approximate surface area is 214 Å². The summed E-state index contributed by atoms with van der Waals surface area (Å²) in [5, 5.41) is 0.541. The Morgan fingerprint density at radius 3 is 2.58 bits per heavy atom. The summed E-state index contributed by atoms with van der Waals surface area (Å²) in [6.07, 6.45) is 1.64. The van der Waals surface area contributed by atoms with Gasteiger partial charge in [0.1, 0.15) is 17.3 Å². The number of esters is 1. The van der Waals surface area contributed by atoms with Crippen LogP contribution in [0.2, 0.25) is 5.02 Å². The normalized spacial score (nSPS) is 15.6. The first-order valence-corrected chi connectivity index (χ1v) is 12.4. The smallest absolute Gasteiger partial charge is 0.338 e. The lowest BCUT2D eigenvalue weighted by Crippen LogP contribution is -2.39. The zero-order valence-electron chi connectivity index (χ0n) is 19.3. The molecule has 0 bridgehead atoms. The minimum Gasteiger partial charge on any atom is -0.463 e. The second kappa shape index (κ2) is 9.72. The van der Waals surface area contributed by atoms with Gasteiger partial charge in [0.15, 0.2) is 4.80 Å². The number of furan rings is 1. The number of halogens is 2. The van der Waals surface area contributed by atoms with E-state index in [1.165, 1.54) is 28.0 Å². The van der Waals surface area contributed by atoms with Crippen molar-refractivity contribution in [1.29, 1.82) is 0 Å². The maximum Gasteiger partial charge on any atom is 0.338 e. The molecule has 1 aliphatic heterocycles. The van der Waals surface area contributed by atoms with Crippen LogP contribution in [0.5, 0.6) is 0 Å². The van der Waals surface area contributed by atoms with Crippen molar-refractivity contribution >= 4 is 35.0 Å². The van der Waals surface area contributed by atoms with Crippen LogP contribution in [0.25, 0.3) is 17.4 Å². The first-order chi connectivity index (χ1) is 17.4. The summed E-state index contributed by atoms with van der Waals surface area (Å²) < 4.78 is 26.3. The van der Waals surface area contributed by atoms with Crippen LogP contribution in [-0.2, 0) is 9.53 Å². The minimum absolute atomic E-state index is 0.197. The molecule has 0 aliphatic carbocycles. The number of carbonyl (C=O) groups excluding carboxylic acids is 1. The SMILES string of the molecule is CCOC(=O)C1=C(C)N=c2s/c(=C/c3ccc(-c4ccc(F)cc4)o3)c(=O)n2C1c1ccc(Cl)cc1. The van der Waals surface area contributed by atoms with Crippen molar-refractivity contribution in [3.8, 4) is 11.3 Å². The van der Waals surface area contributed by atoms with Crippen LogP contribution in [0, 0.1) is 5.82 Å². The lowest BCUT2D eigenvalue weighted by Gasteiger charge is -2.24. The van der Waals surface area contributed by atoms with E-state index >= 15 is 0 Å². The van der Waals surface area contributed by atoms with Gasteiger partial charge in [-0.1, -0.05) is 35.1 Å². The van der Waals surface area contributed by atoms with Crippen molar-refractivity contribution in [2.24, 2.45) is 4.99 Å². The molecule has 0 saturated carbocycles. The van der Waals surface area contributed by atoms with Crippen molar-refractivity contribution < 1.29 is 18.3 Å². The molecule has 6 nitrogen and oxygen atoms in total. The van der Waals surface area contributed by atoms with E-state index < -0.39 is 12.0 Å². The molecule has 182 valence electrons. The summed E-state index contributed by atoms with van der Waals surface area (Å²) in [4.78, 5) is 31.5. The van der Waals surface area contributed by atoms with Gasteiger partial charge in [0.25, 0.3) is 5.56 Å². The molecule has 2 aromatic carbocycles.